The van der Waals surface area contributed by atoms with E-state index in [2.05, 4.69) is 15.5 Å². The molecule has 2 N–H and O–H groups in total. The summed E-state index contributed by atoms with van der Waals surface area (Å²) in [5, 5.41) is 5.77. The smallest absolute Gasteiger partial charge is 0.266 e. The first-order valence-corrected chi connectivity index (χ1v) is 10.0. The summed E-state index contributed by atoms with van der Waals surface area (Å²) in [6.45, 7) is 8.30. The molecule has 0 aromatic heterocycles. The van der Waals surface area contributed by atoms with Gasteiger partial charge in [-0.3, -0.25) is 14.5 Å². The van der Waals surface area contributed by atoms with Crippen molar-refractivity contribution in [3.05, 3.63) is 35.1 Å². The molecule has 29 heavy (non-hydrogen) atoms. The molecule has 0 radical (unpaired) electrons. The van der Waals surface area contributed by atoms with Gasteiger partial charge in [-0.2, -0.15) is 0 Å². The minimum atomic E-state index is -2.97. The number of nitrogens with zero attached hydrogens (tertiary/aromatic N) is 1. The van der Waals surface area contributed by atoms with E-state index < -0.39 is 23.7 Å². The largest absolute Gasteiger partial charge is 0.352 e. The van der Waals surface area contributed by atoms with Crippen molar-refractivity contribution >= 4 is 11.8 Å². The Hall–Kier alpha value is -2.09. The van der Waals surface area contributed by atoms with E-state index in [0.29, 0.717) is 13.1 Å². The second-order valence-electron chi connectivity index (χ2n) is 8.25. The topological polar surface area (TPSA) is 61.4 Å². The van der Waals surface area contributed by atoms with Crippen molar-refractivity contribution in [3.8, 4) is 0 Å². The van der Waals surface area contributed by atoms with Crippen LogP contribution in [0.5, 0.6) is 0 Å². The van der Waals surface area contributed by atoms with E-state index in [4.69, 9.17) is 0 Å². The van der Waals surface area contributed by atoms with Crippen molar-refractivity contribution in [3.63, 3.8) is 0 Å². The van der Waals surface area contributed by atoms with Gasteiger partial charge in [-0.05, 0) is 70.3 Å². The minimum Gasteiger partial charge on any atom is -0.352 e. The third-order valence-corrected chi connectivity index (χ3v) is 5.48. The highest BCUT2D eigenvalue weighted by Gasteiger charge is 2.24. The van der Waals surface area contributed by atoms with Crippen LogP contribution in [-0.2, 0) is 4.79 Å². The average Bonchev–Trinajstić information content (AvgIpc) is 2.66. The molecule has 8 heteroatoms. The number of hydrogen-bond donors (Lipinski definition) is 2. The van der Waals surface area contributed by atoms with Gasteiger partial charge in [0.1, 0.15) is 5.82 Å². The van der Waals surface area contributed by atoms with Gasteiger partial charge in [0.15, 0.2) is 0 Å². The summed E-state index contributed by atoms with van der Waals surface area (Å²) in [6.07, 6.45) is -0.451. The van der Waals surface area contributed by atoms with E-state index in [9.17, 15) is 22.8 Å². The summed E-state index contributed by atoms with van der Waals surface area (Å²) in [4.78, 5) is 26.4. The van der Waals surface area contributed by atoms with Crippen LogP contribution < -0.4 is 10.6 Å². The fraction of sp³-hybridized carbons (Fsp3) is 0.619. The van der Waals surface area contributed by atoms with E-state index in [1.54, 1.807) is 0 Å². The fourth-order valence-corrected chi connectivity index (χ4v) is 3.25. The lowest BCUT2D eigenvalue weighted by Crippen LogP contribution is -2.49. The Morgan fingerprint density at radius 3 is 2.48 bits per heavy atom. The van der Waals surface area contributed by atoms with Gasteiger partial charge < -0.3 is 10.6 Å². The van der Waals surface area contributed by atoms with Crippen molar-refractivity contribution in [2.24, 2.45) is 5.92 Å². The first-order chi connectivity index (χ1) is 13.6. The highest BCUT2D eigenvalue weighted by atomic mass is 19.3. The highest BCUT2D eigenvalue weighted by Crippen LogP contribution is 2.23. The molecule has 5 nitrogen and oxygen atoms in total. The molecular weight excluding hydrogens is 383 g/mol. The molecule has 1 aromatic carbocycles. The number of alkyl halides is 2. The molecule has 0 aliphatic carbocycles. The Bertz CT molecular complexity index is 717. The van der Waals surface area contributed by atoms with Crippen molar-refractivity contribution < 1.29 is 22.8 Å². The number of hydrogen-bond acceptors (Lipinski definition) is 3. The lowest BCUT2D eigenvalue weighted by atomic mass is 9.96. The molecule has 0 unspecified atom stereocenters. The highest BCUT2D eigenvalue weighted by molar-refractivity contribution is 5.94. The zero-order valence-corrected chi connectivity index (χ0v) is 17.2. The summed E-state index contributed by atoms with van der Waals surface area (Å²) >= 11 is 0. The standard InChI is InChI=1S/C21H30F3N3O2/c1-4-21(2,3)26-18(28)13-27-9-7-14(8-10-27)12-25-20(29)15-5-6-17(22)16(11-15)19(23)24/h5-6,11,14,19H,4,7-10,12-13H2,1-3H3,(H,25,29)(H,26,28). The van der Waals surface area contributed by atoms with E-state index in [1.165, 1.54) is 6.07 Å². The molecule has 0 atom stereocenters. The van der Waals surface area contributed by atoms with Gasteiger partial charge in [-0.1, -0.05) is 6.92 Å². The van der Waals surface area contributed by atoms with Crippen LogP contribution in [0.4, 0.5) is 13.2 Å². The number of carbonyl (C=O) groups excluding carboxylic acids is 2. The summed E-state index contributed by atoms with van der Waals surface area (Å²) in [5.41, 5.74) is -0.964. The Morgan fingerprint density at radius 1 is 1.24 bits per heavy atom. The second kappa shape index (κ2) is 10.1. The Kier molecular flexibility index (Phi) is 8.07. The Labute approximate surface area is 170 Å². The molecule has 162 valence electrons. The molecule has 2 amide bonds. The first kappa shape index (κ1) is 23.2. The number of halogens is 3. The van der Waals surface area contributed by atoms with E-state index in [1.807, 2.05) is 20.8 Å². The third kappa shape index (κ3) is 7.03. The molecule has 0 saturated carbocycles. The fourth-order valence-electron chi connectivity index (χ4n) is 3.25. The molecule has 1 aliphatic heterocycles. The lowest BCUT2D eigenvalue weighted by Gasteiger charge is -2.33. The van der Waals surface area contributed by atoms with Gasteiger partial charge >= 0.3 is 0 Å². The van der Waals surface area contributed by atoms with Crippen LogP contribution >= 0.6 is 0 Å². The first-order valence-electron chi connectivity index (χ1n) is 10.0. The predicted molar refractivity (Wildman–Crippen MR) is 105 cm³/mol. The second-order valence-corrected chi connectivity index (χ2v) is 8.25. The maximum atomic E-state index is 13.4. The van der Waals surface area contributed by atoms with Crippen LogP contribution in [0.3, 0.4) is 0 Å². The van der Waals surface area contributed by atoms with E-state index in [0.717, 1.165) is 44.5 Å². The van der Waals surface area contributed by atoms with Gasteiger partial charge in [0.25, 0.3) is 12.3 Å². The summed E-state index contributed by atoms with van der Waals surface area (Å²) in [5.74, 6) is -1.25. The SMILES string of the molecule is CCC(C)(C)NC(=O)CN1CCC(CNC(=O)c2ccc(F)c(C(F)F)c2)CC1. The molecule has 0 bridgehead atoms. The maximum absolute atomic E-state index is 13.4. The predicted octanol–water partition coefficient (Wildman–Crippen LogP) is 3.51. The van der Waals surface area contributed by atoms with Crippen LogP contribution in [0.25, 0.3) is 0 Å². The number of piperidine rings is 1. The van der Waals surface area contributed by atoms with Crippen LogP contribution in [0, 0.1) is 11.7 Å². The minimum absolute atomic E-state index is 0.00902. The number of amides is 2. The normalized spacial score (nSPS) is 16.1. The van der Waals surface area contributed by atoms with Gasteiger partial charge in [-0.25, -0.2) is 13.2 Å². The van der Waals surface area contributed by atoms with E-state index in [-0.39, 0.29) is 22.9 Å². The van der Waals surface area contributed by atoms with Gasteiger partial charge in [0.05, 0.1) is 12.1 Å². The number of nitrogens with one attached hydrogen (secondary N) is 2. The van der Waals surface area contributed by atoms with Crippen LogP contribution in [-0.4, -0.2) is 48.4 Å². The molecule has 1 heterocycles. The lowest BCUT2D eigenvalue weighted by molar-refractivity contribution is -0.124. The molecule has 1 saturated heterocycles. The van der Waals surface area contributed by atoms with Gasteiger partial charge in [0.2, 0.25) is 5.91 Å². The van der Waals surface area contributed by atoms with Crippen LogP contribution in [0.2, 0.25) is 0 Å². The van der Waals surface area contributed by atoms with Gasteiger partial charge in [-0.15, -0.1) is 0 Å². The molecule has 1 fully saturated rings. The van der Waals surface area contributed by atoms with Gasteiger partial charge in [0, 0.05) is 17.6 Å². The number of rotatable bonds is 8. The number of likely N-dealkylation sites (tertiary alicyclic amines) is 1. The number of carbonyl (C=O) groups is 2. The van der Waals surface area contributed by atoms with Crippen molar-refractivity contribution in [1.29, 1.82) is 0 Å². The maximum Gasteiger partial charge on any atom is 0.266 e. The number of benzene rings is 1. The molecule has 0 spiro atoms. The quantitative estimate of drug-likeness (QED) is 0.686. The Balaban J connectivity index is 1.76. The summed E-state index contributed by atoms with van der Waals surface area (Å²) < 4.78 is 38.9. The average molecular weight is 413 g/mol. The zero-order valence-electron chi connectivity index (χ0n) is 17.2. The summed E-state index contributed by atoms with van der Waals surface area (Å²) in [6, 6.07) is 2.99. The third-order valence-electron chi connectivity index (χ3n) is 5.48. The molecule has 1 aromatic rings. The summed E-state index contributed by atoms with van der Waals surface area (Å²) in [7, 11) is 0. The molecule has 2 rings (SSSR count). The van der Waals surface area contributed by atoms with Crippen molar-refractivity contribution in [2.75, 3.05) is 26.2 Å². The Morgan fingerprint density at radius 2 is 1.90 bits per heavy atom. The van der Waals surface area contributed by atoms with Crippen molar-refractivity contribution in [2.45, 2.75) is 52.0 Å². The zero-order chi connectivity index (χ0) is 21.6. The molecular formula is C21H30F3N3O2. The molecule has 1 aliphatic rings. The van der Waals surface area contributed by atoms with Crippen LogP contribution in [0.1, 0.15) is 62.4 Å². The van der Waals surface area contributed by atoms with Crippen LogP contribution in [0.15, 0.2) is 18.2 Å². The monoisotopic (exact) mass is 413 g/mol. The van der Waals surface area contributed by atoms with Crippen molar-refractivity contribution in [1.82, 2.24) is 15.5 Å². The van der Waals surface area contributed by atoms with E-state index >= 15 is 0 Å².